The van der Waals surface area contributed by atoms with Gasteiger partial charge < -0.3 is 5.32 Å². The summed E-state index contributed by atoms with van der Waals surface area (Å²) in [4.78, 5) is 20.1. The minimum absolute atomic E-state index is 0.124. The number of carbonyl (C=O) groups is 2. The molecule has 4 heteroatoms. The summed E-state index contributed by atoms with van der Waals surface area (Å²) >= 11 is 0. The molecule has 1 rings (SSSR count). The number of nitrogens with one attached hydrogen (secondary N) is 2. The van der Waals surface area contributed by atoms with Gasteiger partial charge in [0.1, 0.15) is 0 Å². The van der Waals surface area contributed by atoms with Crippen molar-refractivity contribution in [3.63, 3.8) is 0 Å². The summed E-state index contributed by atoms with van der Waals surface area (Å²) in [5.74, 6) is -0.259. The second-order valence-corrected chi connectivity index (χ2v) is 1.23. The van der Waals surface area contributed by atoms with Crippen LogP contribution in [0.15, 0.2) is 13.2 Å². The number of hydrogen-bond donors (Lipinski definition) is 2. The lowest BCUT2D eigenvalue weighted by Gasteiger charge is -1.78. The molecule has 3 amide bonds. The van der Waals surface area contributed by atoms with E-state index in [1.807, 2.05) is 5.32 Å². The third-order valence-electron chi connectivity index (χ3n) is 0.662. The molecule has 0 atom stereocenters. The molecule has 1 saturated heterocycles. The van der Waals surface area contributed by atoms with Crippen molar-refractivity contribution in [3.8, 4) is 0 Å². The van der Waals surface area contributed by atoms with E-state index in [0.717, 1.165) is 0 Å². The van der Waals surface area contributed by atoms with E-state index >= 15 is 0 Å². The van der Waals surface area contributed by atoms with Gasteiger partial charge in [0.25, 0.3) is 0 Å². The highest BCUT2D eigenvalue weighted by Crippen LogP contribution is 1.73. The zero-order chi connectivity index (χ0) is 7.28. The number of amides is 3. The molecule has 1 heterocycles. The van der Waals surface area contributed by atoms with E-state index < -0.39 is 6.03 Å². The van der Waals surface area contributed by atoms with Gasteiger partial charge in [-0.05, 0) is 0 Å². The Bertz CT molecular complexity index is 119. The maximum absolute atomic E-state index is 10.1. The molecular weight excluding hydrogens is 120 g/mol. The molecule has 1 fully saturated rings. The van der Waals surface area contributed by atoms with Crippen LogP contribution in [0.5, 0.6) is 0 Å². The highest BCUT2D eigenvalue weighted by atomic mass is 16.2. The van der Waals surface area contributed by atoms with E-state index in [9.17, 15) is 9.59 Å². The highest BCUT2D eigenvalue weighted by Gasteiger charge is 2.14. The number of rotatable bonds is 0. The van der Waals surface area contributed by atoms with Crippen molar-refractivity contribution in [1.29, 1.82) is 0 Å². The number of carbonyl (C=O) groups excluding carboxylic acids is 2. The normalized spacial score (nSPS) is 15.1. The Morgan fingerprint density at radius 1 is 1.33 bits per heavy atom. The van der Waals surface area contributed by atoms with E-state index in [4.69, 9.17) is 0 Å². The van der Waals surface area contributed by atoms with Crippen LogP contribution in [0.1, 0.15) is 0 Å². The van der Waals surface area contributed by atoms with Crippen LogP contribution in [-0.4, -0.2) is 18.5 Å². The first-order valence-electron chi connectivity index (χ1n) is 2.37. The quantitative estimate of drug-likeness (QED) is 0.345. The van der Waals surface area contributed by atoms with Gasteiger partial charge in [0.2, 0.25) is 5.91 Å². The van der Waals surface area contributed by atoms with Crippen molar-refractivity contribution in [2.24, 2.45) is 0 Å². The lowest BCUT2D eigenvalue weighted by atomic mass is 10.7. The van der Waals surface area contributed by atoms with E-state index in [-0.39, 0.29) is 12.5 Å². The third kappa shape index (κ3) is 2.48. The summed E-state index contributed by atoms with van der Waals surface area (Å²) in [5.41, 5.74) is 0. The summed E-state index contributed by atoms with van der Waals surface area (Å²) in [6.07, 6.45) is 0. The summed E-state index contributed by atoms with van der Waals surface area (Å²) in [7, 11) is 0. The fourth-order valence-corrected chi connectivity index (χ4v) is 0.376. The molecule has 0 spiro atoms. The molecule has 50 valence electrons. The Morgan fingerprint density at radius 3 is 2.00 bits per heavy atom. The minimum atomic E-state index is -0.398. The molecule has 0 saturated carbocycles. The number of hydrogen-bond acceptors (Lipinski definition) is 2. The van der Waals surface area contributed by atoms with Gasteiger partial charge in [-0.2, -0.15) is 0 Å². The van der Waals surface area contributed by atoms with Gasteiger partial charge in [0, 0.05) is 0 Å². The Kier molecular flexibility index (Phi) is 3.12. The van der Waals surface area contributed by atoms with Crippen LogP contribution >= 0.6 is 0 Å². The molecule has 0 aliphatic carbocycles. The van der Waals surface area contributed by atoms with Crippen LogP contribution in [0.2, 0.25) is 0 Å². The molecule has 1 aliphatic rings. The summed E-state index contributed by atoms with van der Waals surface area (Å²) in [6.45, 7) is 6.12. The molecular formula is C5H8N2O2. The lowest BCUT2D eigenvalue weighted by molar-refractivity contribution is -0.117. The maximum Gasteiger partial charge on any atom is 0.321 e. The van der Waals surface area contributed by atoms with Crippen molar-refractivity contribution in [1.82, 2.24) is 10.6 Å². The second kappa shape index (κ2) is 3.65. The van der Waals surface area contributed by atoms with Gasteiger partial charge in [-0.15, -0.1) is 13.2 Å². The predicted octanol–water partition coefficient (Wildman–Crippen LogP) is -0.372. The summed E-state index contributed by atoms with van der Waals surface area (Å²) in [5, 5.41) is 4.30. The second-order valence-electron chi connectivity index (χ2n) is 1.23. The van der Waals surface area contributed by atoms with Gasteiger partial charge in [0.15, 0.2) is 0 Å². The molecule has 2 N–H and O–H groups in total. The smallest absolute Gasteiger partial charge is 0.321 e. The Hall–Kier alpha value is -1.32. The van der Waals surface area contributed by atoms with E-state index in [0.29, 0.717) is 0 Å². The fraction of sp³-hybridized carbons (Fsp3) is 0.200. The Labute approximate surface area is 52.9 Å². The van der Waals surface area contributed by atoms with Crippen molar-refractivity contribution in [3.05, 3.63) is 13.2 Å². The zero-order valence-electron chi connectivity index (χ0n) is 4.94. The van der Waals surface area contributed by atoms with Crippen LogP contribution in [0.4, 0.5) is 4.79 Å². The Morgan fingerprint density at radius 2 is 1.89 bits per heavy atom. The van der Waals surface area contributed by atoms with E-state index in [1.54, 1.807) is 0 Å². The molecule has 0 unspecified atom stereocenters. The highest BCUT2D eigenvalue weighted by molar-refractivity contribution is 6.01. The van der Waals surface area contributed by atoms with Crippen LogP contribution in [0.3, 0.4) is 0 Å². The zero-order valence-corrected chi connectivity index (χ0v) is 4.94. The first-order chi connectivity index (χ1) is 4.29. The first-order valence-corrected chi connectivity index (χ1v) is 2.37. The van der Waals surface area contributed by atoms with Crippen molar-refractivity contribution >= 4 is 11.9 Å². The molecule has 1 aliphatic heterocycles. The predicted molar refractivity (Wildman–Crippen MR) is 32.8 cm³/mol. The van der Waals surface area contributed by atoms with Gasteiger partial charge in [-0.3, -0.25) is 10.1 Å². The van der Waals surface area contributed by atoms with Gasteiger partial charge in [-0.25, -0.2) is 4.79 Å². The molecule has 4 nitrogen and oxygen atoms in total. The maximum atomic E-state index is 10.1. The Balaban J connectivity index is 0.000000291. The van der Waals surface area contributed by atoms with Crippen molar-refractivity contribution in [2.45, 2.75) is 0 Å². The standard InChI is InChI=1S/C3H4N2O2.C2H4/c6-2-1-4-3(7)5-2;1-2/h1H2,(H2,4,5,6,7);1-2H2. The molecule has 0 aromatic carbocycles. The summed E-state index contributed by atoms with van der Waals surface area (Å²) < 4.78 is 0. The van der Waals surface area contributed by atoms with Crippen molar-refractivity contribution in [2.75, 3.05) is 6.54 Å². The van der Waals surface area contributed by atoms with Crippen LogP contribution < -0.4 is 10.6 Å². The van der Waals surface area contributed by atoms with Crippen LogP contribution in [-0.2, 0) is 4.79 Å². The largest absolute Gasteiger partial charge is 0.329 e. The lowest BCUT2D eigenvalue weighted by Crippen LogP contribution is -2.22. The van der Waals surface area contributed by atoms with Crippen molar-refractivity contribution < 1.29 is 9.59 Å². The number of imide groups is 1. The van der Waals surface area contributed by atoms with Gasteiger partial charge in [0.05, 0.1) is 6.54 Å². The molecule has 9 heavy (non-hydrogen) atoms. The molecule has 0 aromatic heterocycles. The van der Waals surface area contributed by atoms with Gasteiger partial charge in [-0.1, -0.05) is 0 Å². The number of urea groups is 1. The molecule has 0 radical (unpaired) electrons. The van der Waals surface area contributed by atoms with Crippen LogP contribution in [0, 0.1) is 0 Å². The summed E-state index contributed by atoms with van der Waals surface area (Å²) in [6, 6.07) is -0.398. The third-order valence-corrected chi connectivity index (χ3v) is 0.662. The van der Waals surface area contributed by atoms with Crippen LogP contribution in [0.25, 0.3) is 0 Å². The molecule has 0 bridgehead atoms. The van der Waals surface area contributed by atoms with E-state index in [1.165, 1.54) is 0 Å². The fourth-order valence-electron chi connectivity index (χ4n) is 0.376. The average molecular weight is 128 g/mol. The average Bonchev–Trinajstić information content (AvgIpc) is 2.20. The minimum Gasteiger partial charge on any atom is -0.329 e. The molecule has 0 aromatic rings. The first kappa shape index (κ1) is 7.68. The SMILES string of the molecule is C=C.O=C1CNC(=O)N1. The van der Waals surface area contributed by atoms with E-state index in [2.05, 4.69) is 18.5 Å². The topological polar surface area (TPSA) is 58.2 Å². The van der Waals surface area contributed by atoms with Gasteiger partial charge >= 0.3 is 6.03 Å². The monoisotopic (exact) mass is 128 g/mol.